The fourth-order valence-corrected chi connectivity index (χ4v) is 1.59. The van der Waals surface area contributed by atoms with Crippen LogP contribution >= 0.6 is 0 Å². The van der Waals surface area contributed by atoms with Crippen molar-refractivity contribution in [3.63, 3.8) is 0 Å². The zero-order valence-corrected chi connectivity index (χ0v) is 7.52. The van der Waals surface area contributed by atoms with Crippen LogP contribution in [0.2, 0.25) is 0 Å². The molecule has 0 saturated heterocycles. The number of rotatable bonds is 1. The molecule has 1 saturated carbocycles. The average Bonchev–Trinajstić information content (AvgIpc) is 1.97. The normalized spacial score (nSPS) is 27.3. The lowest BCUT2D eigenvalue weighted by atomic mass is 9.59. The van der Waals surface area contributed by atoms with E-state index in [1.807, 2.05) is 13.0 Å². The summed E-state index contributed by atoms with van der Waals surface area (Å²) in [5.41, 5.74) is 4.75. The number of hydrogen-bond donors (Lipinski definition) is 1. The van der Waals surface area contributed by atoms with Crippen molar-refractivity contribution in [1.82, 2.24) is 0 Å². The van der Waals surface area contributed by atoms with Crippen LogP contribution in [0.15, 0.2) is 17.4 Å². The lowest BCUT2D eigenvalue weighted by molar-refractivity contribution is 0.0853. The molecular weight excluding hydrogens is 136 g/mol. The van der Waals surface area contributed by atoms with Crippen LogP contribution in [0.5, 0.6) is 0 Å². The van der Waals surface area contributed by atoms with E-state index in [-0.39, 0.29) is 5.41 Å². The van der Waals surface area contributed by atoms with Gasteiger partial charge in [-0.15, -0.1) is 5.73 Å². The highest BCUT2D eigenvalue weighted by molar-refractivity contribution is 5.23. The summed E-state index contributed by atoms with van der Waals surface area (Å²) in [5.74, 6) is 0.449. The van der Waals surface area contributed by atoms with Gasteiger partial charge in [-0.1, -0.05) is 13.8 Å². The van der Waals surface area contributed by atoms with E-state index >= 15 is 0 Å². The van der Waals surface area contributed by atoms with Gasteiger partial charge < -0.3 is 5.11 Å². The van der Waals surface area contributed by atoms with Gasteiger partial charge in [0.05, 0.1) is 0 Å². The van der Waals surface area contributed by atoms with Crippen molar-refractivity contribution < 1.29 is 5.11 Å². The minimum Gasteiger partial charge on any atom is -0.396 e. The van der Waals surface area contributed by atoms with Crippen molar-refractivity contribution in [3.8, 4) is 0 Å². The van der Waals surface area contributed by atoms with Gasteiger partial charge in [0.1, 0.15) is 0 Å². The number of aliphatic hydroxyl groups is 1. The minimum atomic E-state index is 0.182. The van der Waals surface area contributed by atoms with Crippen molar-refractivity contribution in [2.24, 2.45) is 11.3 Å². The molecule has 0 heterocycles. The van der Waals surface area contributed by atoms with Crippen LogP contribution in [0.4, 0.5) is 0 Å². The first-order valence-corrected chi connectivity index (χ1v) is 4.14. The van der Waals surface area contributed by atoms with E-state index in [1.54, 1.807) is 0 Å². The topological polar surface area (TPSA) is 20.2 Å². The Morgan fingerprint density at radius 1 is 1.73 bits per heavy atom. The minimum absolute atomic E-state index is 0.182. The predicted octanol–water partition coefficient (Wildman–Crippen LogP) is 2.13. The fraction of sp³-hybridized carbons (Fsp3) is 0.700. The van der Waals surface area contributed by atoms with Gasteiger partial charge in [0.15, 0.2) is 0 Å². The second kappa shape index (κ2) is 2.84. The lowest BCUT2D eigenvalue weighted by Gasteiger charge is -2.45. The smallest absolute Gasteiger partial charge is 0.0470 e. The molecule has 0 radical (unpaired) electrons. The van der Waals surface area contributed by atoms with Crippen LogP contribution in [0.3, 0.4) is 0 Å². The van der Waals surface area contributed by atoms with Crippen LogP contribution < -0.4 is 0 Å². The van der Waals surface area contributed by atoms with Crippen LogP contribution in [0, 0.1) is 11.3 Å². The van der Waals surface area contributed by atoms with E-state index in [4.69, 9.17) is 5.11 Å². The molecule has 1 fully saturated rings. The van der Waals surface area contributed by atoms with Gasteiger partial charge in [0.25, 0.3) is 0 Å². The number of hydrogen-bond acceptors (Lipinski definition) is 1. The van der Waals surface area contributed by atoms with Gasteiger partial charge in [-0.05, 0) is 36.3 Å². The van der Waals surface area contributed by atoms with Crippen LogP contribution in [-0.2, 0) is 0 Å². The molecule has 0 bridgehead atoms. The van der Waals surface area contributed by atoms with Crippen molar-refractivity contribution in [1.29, 1.82) is 0 Å². The molecule has 0 aromatic carbocycles. The summed E-state index contributed by atoms with van der Waals surface area (Å²) in [7, 11) is 0. The highest BCUT2D eigenvalue weighted by atomic mass is 16.3. The zero-order chi connectivity index (χ0) is 8.48. The largest absolute Gasteiger partial charge is 0.396 e. The van der Waals surface area contributed by atoms with Crippen LogP contribution in [0.25, 0.3) is 0 Å². The van der Waals surface area contributed by atoms with Crippen molar-refractivity contribution in [2.75, 3.05) is 6.61 Å². The number of aliphatic hydroxyl groups excluding tert-OH is 1. The Kier molecular flexibility index (Phi) is 2.22. The molecule has 0 aromatic rings. The molecule has 1 rings (SSSR count). The van der Waals surface area contributed by atoms with Crippen molar-refractivity contribution >= 4 is 0 Å². The maximum Gasteiger partial charge on any atom is 0.0470 e. The summed E-state index contributed by atoms with van der Waals surface area (Å²) in [5, 5.41) is 8.96. The Bertz CT molecular complexity index is 207. The predicted molar refractivity (Wildman–Crippen MR) is 46.2 cm³/mol. The third-order valence-electron chi connectivity index (χ3n) is 2.79. The molecule has 1 heteroatoms. The third kappa shape index (κ3) is 1.26. The molecule has 0 spiro atoms. The molecule has 1 aliphatic carbocycles. The Balaban J connectivity index is 2.76. The van der Waals surface area contributed by atoms with E-state index in [1.165, 1.54) is 5.57 Å². The monoisotopic (exact) mass is 152 g/mol. The molecule has 1 nitrogen and oxygen atoms in total. The standard InChI is InChI=1S/C10H16O/c1-4-5-8-6-9(7-11)10(8,2)3/h4,9,11H,6-7H2,1-3H3. The Labute approximate surface area is 68.4 Å². The zero-order valence-electron chi connectivity index (χ0n) is 7.52. The molecule has 1 N–H and O–H groups in total. The quantitative estimate of drug-likeness (QED) is 0.571. The van der Waals surface area contributed by atoms with Crippen molar-refractivity contribution in [3.05, 3.63) is 17.4 Å². The highest BCUT2D eigenvalue weighted by Crippen LogP contribution is 2.49. The van der Waals surface area contributed by atoms with Gasteiger partial charge in [-0.2, -0.15) is 0 Å². The van der Waals surface area contributed by atoms with Crippen LogP contribution in [0.1, 0.15) is 27.2 Å². The van der Waals surface area contributed by atoms with Gasteiger partial charge in [-0.3, -0.25) is 0 Å². The lowest BCUT2D eigenvalue weighted by Crippen LogP contribution is -2.39. The molecule has 0 aromatic heterocycles. The highest BCUT2D eigenvalue weighted by Gasteiger charge is 2.42. The molecule has 62 valence electrons. The summed E-state index contributed by atoms with van der Waals surface area (Å²) in [4.78, 5) is 0. The SMILES string of the molecule is CC=C=C1CC(CO)C1(C)C. The van der Waals surface area contributed by atoms with Crippen molar-refractivity contribution in [2.45, 2.75) is 27.2 Å². The van der Waals surface area contributed by atoms with E-state index in [0.29, 0.717) is 12.5 Å². The summed E-state index contributed by atoms with van der Waals surface area (Å²) in [6, 6.07) is 0. The Morgan fingerprint density at radius 3 is 2.73 bits per heavy atom. The van der Waals surface area contributed by atoms with Gasteiger partial charge in [0.2, 0.25) is 0 Å². The molecule has 0 aliphatic heterocycles. The Hall–Kier alpha value is -0.520. The van der Waals surface area contributed by atoms with Gasteiger partial charge >= 0.3 is 0 Å². The summed E-state index contributed by atoms with van der Waals surface area (Å²) < 4.78 is 0. The van der Waals surface area contributed by atoms with E-state index < -0.39 is 0 Å². The van der Waals surface area contributed by atoms with Gasteiger partial charge in [-0.25, -0.2) is 0 Å². The molecule has 1 unspecified atom stereocenters. The second-order valence-corrected chi connectivity index (χ2v) is 3.72. The van der Waals surface area contributed by atoms with E-state index in [9.17, 15) is 0 Å². The maximum atomic E-state index is 8.96. The molecular formula is C10H16O. The second-order valence-electron chi connectivity index (χ2n) is 3.72. The number of allylic oxidation sites excluding steroid dienone is 1. The third-order valence-corrected chi connectivity index (χ3v) is 2.79. The maximum absolute atomic E-state index is 8.96. The summed E-state index contributed by atoms with van der Waals surface area (Å²) in [6.45, 7) is 6.63. The molecule has 1 atom stereocenters. The summed E-state index contributed by atoms with van der Waals surface area (Å²) >= 11 is 0. The molecule has 0 amide bonds. The Morgan fingerprint density at radius 2 is 2.36 bits per heavy atom. The first-order valence-electron chi connectivity index (χ1n) is 4.14. The molecule has 1 aliphatic rings. The van der Waals surface area contributed by atoms with E-state index in [2.05, 4.69) is 19.6 Å². The summed E-state index contributed by atoms with van der Waals surface area (Å²) in [6.07, 6.45) is 2.97. The first kappa shape index (κ1) is 8.58. The average molecular weight is 152 g/mol. The van der Waals surface area contributed by atoms with Crippen LogP contribution in [-0.4, -0.2) is 11.7 Å². The fourth-order valence-electron chi connectivity index (χ4n) is 1.59. The van der Waals surface area contributed by atoms with Gasteiger partial charge in [0, 0.05) is 6.61 Å². The first-order chi connectivity index (χ1) is 5.12. The van der Waals surface area contributed by atoms with E-state index in [0.717, 1.165) is 6.42 Å². The molecule has 11 heavy (non-hydrogen) atoms.